The van der Waals surface area contributed by atoms with Crippen LogP contribution in [0.25, 0.3) is 11.0 Å². The molecule has 0 saturated heterocycles. The van der Waals surface area contributed by atoms with Crippen LogP contribution in [-0.2, 0) is 0 Å². The molecule has 0 fully saturated rings. The van der Waals surface area contributed by atoms with E-state index in [0.29, 0.717) is 15.7 Å². The quantitative estimate of drug-likeness (QED) is 0.437. The van der Waals surface area contributed by atoms with Crippen LogP contribution in [-0.4, -0.2) is 14.9 Å². The normalized spacial score (nSPS) is 10.8. The van der Waals surface area contributed by atoms with Gasteiger partial charge in [0.2, 0.25) is 0 Å². The zero-order valence-electron chi connectivity index (χ0n) is 10.2. The third-order valence-corrected chi connectivity index (χ3v) is 3.56. The lowest BCUT2D eigenvalue weighted by molar-refractivity contribution is -0.385. The molecule has 1 aromatic heterocycles. The Balaban J connectivity index is 1.96. The highest BCUT2D eigenvalue weighted by molar-refractivity contribution is 7.99. The number of nitrogens with one attached hydrogen (secondary N) is 1. The maximum atomic E-state index is 10.8. The second-order valence-electron chi connectivity index (χ2n) is 4.18. The number of nitro groups is 1. The standard InChI is InChI=1S/C13H10N4O2S/c14-8-5-9(17(18)19)7-10(6-8)20-13-15-11-3-1-2-4-12(11)16-13/h1-7H,14H2,(H,15,16). The number of nitrogen functional groups attached to an aromatic ring is 1. The van der Waals surface area contributed by atoms with Crippen LogP contribution >= 0.6 is 11.8 Å². The maximum Gasteiger partial charge on any atom is 0.272 e. The van der Waals surface area contributed by atoms with Crippen LogP contribution in [0.3, 0.4) is 0 Å². The highest BCUT2D eigenvalue weighted by Crippen LogP contribution is 2.31. The molecule has 3 aromatic rings. The van der Waals surface area contributed by atoms with E-state index < -0.39 is 4.92 Å². The number of aromatic nitrogens is 2. The molecule has 0 bridgehead atoms. The van der Waals surface area contributed by atoms with Crippen LogP contribution in [0.15, 0.2) is 52.5 Å². The Morgan fingerprint density at radius 3 is 2.80 bits per heavy atom. The molecule has 0 saturated carbocycles. The van der Waals surface area contributed by atoms with E-state index in [-0.39, 0.29) is 5.69 Å². The highest BCUT2D eigenvalue weighted by Gasteiger charge is 2.11. The van der Waals surface area contributed by atoms with Gasteiger partial charge in [-0.1, -0.05) is 23.9 Å². The summed E-state index contributed by atoms with van der Waals surface area (Å²) < 4.78 is 0. The van der Waals surface area contributed by atoms with Crippen molar-refractivity contribution in [3.05, 3.63) is 52.6 Å². The number of rotatable bonds is 3. The predicted octanol–water partition coefficient (Wildman–Crippen LogP) is 3.20. The molecular weight excluding hydrogens is 276 g/mol. The summed E-state index contributed by atoms with van der Waals surface area (Å²) in [7, 11) is 0. The Labute approximate surface area is 118 Å². The van der Waals surface area contributed by atoms with Crippen LogP contribution in [0, 0.1) is 10.1 Å². The number of hydrogen-bond acceptors (Lipinski definition) is 5. The zero-order chi connectivity index (χ0) is 14.1. The molecule has 2 aromatic carbocycles. The van der Waals surface area contributed by atoms with Gasteiger partial charge in [0.15, 0.2) is 5.16 Å². The van der Waals surface area contributed by atoms with Gasteiger partial charge in [-0.2, -0.15) is 0 Å². The third-order valence-electron chi connectivity index (χ3n) is 2.71. The van der Waals surface area contributed by atoms with Crippen molar-refractivity contribution in [3.8, 4) is 0 Å². The van der Waals surface area contributed by atoms with Crippen molar-refractivity contribution in [1.82, 2.24) is 9.97 Å². The zero-order valence-corrected chi connectivity index (χ0v) is 11.1. The average molecular weight is 286 g/mol. The molecule has 20 heavy (non-hydrogen) atoms. The molecule has 0 amide bonds. The summed E-state index contributed by atoms with van der Waals surface area (Å²) in [4.78, 5) is 18.6. The van der Waals surface area contributed by atoms with Gasteiger partial charge in [-0.15, -0.1) is 0 Å². The lowest BCUT2D eigenvalue weighted by Gasteiger charge is -2.00. The Bertz CT molecular complexity index is 767. The Hall–Kier alpha value is -2.54. The van der Waals surface area contributed by atoms with E-state index in [2.05, 4.69) is 9.97 Å². The van der Waals surface area contributed by atoms with Gasteiger partial charge in [0.1, 0.15) is 0 Å². The lowest BCUT2D eigenvalue weighted by atomic mass is 10.3. The first-order valence-electron chi connectivity index (χ1n) is 5.79. The highest BCUT2D eigenvalue weighted by atomic mass is 32.2. The van der Waals surface area contributed by atoms with Gasteiger partial charge in [-0.25, -0.2) is 4.98 Å². The van der Waals surface area contributed by atoms with Crippen LogP contribution in [0.4, 0.5) is 11.4 Å². The van der Waals surface area contributed by atoms with E-state index in [9.17, 15) is 10.1 Å². The molecule has 0 aliphatic rings. The first kappa shape index (κ1) is 12.5. The Kier molecular flexibility index (Phi) is 3.03. The fraction of sp³-hybridized carbons (Fsp3) is 0. The van der Waals surface area contributed by atoms with E-state index in [1.165, 1.54) is 23.9 Å². The van der Waals surface area contributed by atoms with Crippen molar-refractivity contribution in [2.75, 3.05) is 5.73 Å². The van der Waals surface area contributed by atoms with Gasteiger partial charge >= 0.3 is 0 Å². The number of nitro benzene ring substituents is 1. The molecule has 0 atom stereocenters. The fourth-order valence-electron chi connectivity index (χ4n) is 1.86. The monoisotopic (exact) mass is 286 g/mol. The second kappa shape index (κ2) is 4.86. The van der Waals surface area contributed by atoms with Crippen molar-refractivity contribution in [3.63, 3.8) is 0 Å². The van der Waals surface area contributed by atoms with Crippen LogP contribution in [0.5, 0.6) is 0 Å². The number of anilines is 1. The molecule has 0 aliphatic heterocycles. The number of para-hydroxylation sites is 2. The molecule has 0 radical (unpaired) electrons. The molecule has 3 N–H and O–H groups in total. The van der Waals surface area contributed by atoms with Gasteiger partial charge in [0, 0.05) is 22.7 Å². The molecule has 0 spiro atoms. The minimum absolute atomic E-state index is 0.0244. The van der Waals surface area contributed by atoms with Crippen LogP contribution < -0.4 is 5.73 Å². The number of nitrogens with zero attached hydrogens (tertiary/aromatic N) is 2. The summed E-state index contributed by atoms with van der Waals surface area (Å²) in [5.41, 5.74) is 7.79. The molecule has 6 nitrogen and oxygen atoms in total. The maximum absolute atomic E-state index is 10.8. The number of non-ortho nitro benzene ring substituents is 1. The molecule has 100 valence electrons. The average Bonchev–Trinajstić information content (AvgIpc) is 2.79. The summed E-state index contributed by atoms with van der Waals surface area (Å²) in [6, 6.07) is 12.1. The Morgan fingerprint density at radius 2 is 2.05 bits per heavy atom. The lowest BCUT2D eigenvalue weighted by Crippen LogP contribution is -1.92. The van der Waals surface area contributed by atoms with Crippen molar-refractivity contribution in [2.45, 2.75) is 10.1 Å². The van der Waals surface area contributed by atoms with Crippen LogP contribution in [0.1, 0.15) is 0 Å². The van der Waals surface area contributed by atoms with Crippen molar-refractivity contribution >= 4 is 34.2 Å². The first-order valence-corrected chi connectivity index (χ1v) is 6.61. The predicted molar refractivity (Wildman–Crippen MR) is 77.7 cm³/mol. The summed E-state index contributed by atoms with van der Waals surface area (Å²) in [6.07, 6.45) is 0. The topological polar surface area (TPSA) is 97.8 Å². The molecule has 1 heterocycles. The van der Waals surface area contributed by atoms with Crippen LogP contribution in [0.2, 0.25) is 0 Å². The SMILES string of the molecule is Nc1cc(Sc2nc3ccccc3[nH]2)cc([N+](=O)[O-])c1. The Morgan fingerprint density at radius 1 is 1.25 bits per heavy atom. The van der Waals surface area contributed by atoms with Crippen molar-refractivity contribution in [1.29, 1.82) is 0 Å². The summed E-state index contributed by atoms with van der Waals surface area (Å²) in [5, 5.41) is 11.5. The number of hydrogen-bond donors (Lipinski definition) is 2. The minimum Gasteiger partial charge on any atom is -0.398 e. The summed E-state index contributed by atoms with van der Waals surface area (Å²) in [5.74, 6) is 0. The number of aromatic amines is 1. The molecule has 3 rings (SSSR count). The van der Waals surface area contributed by atoms with Gasteiger partial charge in [0.05, 0.1) is 16.0 Å². The smallest absolute Gasteiger partial charge is 0.272 e. The van der Waals surface area contributed by atoms with E-state index >= 15 is 0 Å². The fourth-order valence-corrected chi connectivity index (χ4v) is 2.76. The van der Waals surface area contributed by atoms with Gasteiger partial charge < -0.3 is 10.7 Å². The van der Waals surface area contributed by atoms with Gasteiger partial charge in [0.25, 0.3) is 5.69 Å². The minimum atomic E-state index is -0.459. The largest absolute Gasteiger partial charge is 0.398 e. The van der Waals surface area contributed by atoms with E-state index in [1.807, 2.05) is 24.3 Å². The molecular formula is C13H10N4O2S. The third kappa shape index (κ3) is 2.43. The van der Waals surface area contributed by atoms with E-state index in [0.717, 1.165) is 11.0 Å². The number of H-pyrrole nitrogens is 1. The molecule has 0 unspecified atom stereocenters. The van der Waals surface area contributed by atoms with Gasteiger partial charge in [-0.05, 0) is 18.2 Å². The van der Waals surface area contributed by atoms with Gasteiger partial charge in [-0.3, -0.25) is 10.1 Å². The van der Waals surface area contributed by atoms with E-state index in [1.54, 1.807) is 6.07 Å². The number of benzene rings is 2. The van der Waals surface area contributed by atoms with Crippen molar-refractivity contribution in [2.24, 2.45) is 0 Å². The number of nitrogens with two attached hydrogens (primary N) is 1. The number of imidazole rings is 1. The first-order chi connectivity index (χ1) is 9.61. The summed E-state index contributed by atoms with van der Waals surface area (Å²) >= 11 is 1.31. The number of fused-ring (bicyclic) bond motifs is 1. The van der Waals surface area contributed by atoms with E-state index in [4.69, 9.17) is 5.73 Å². The molecule has 0 aliphatic carbocycles. The summed E-state index contributed by atoms with van der Waals surface area (Å²) in [6.45, 7) is 0. The molecule has 7 heteroatoms. The van der Waals surface area contributed by atoms with Crippen molar-refractivity contribution < 1.29 is 4.92 Å². The second-order valence-corrected chi connectivity index (χ2v) is 5.24.